The summed E-state index contributed by atoms with van der Waals surface area (Å²) in [6.45, 7) is 0. The number of carbonyl (C=O) groups excluding carboxylic acids is 2. The zero-order valence-corrected chi connectivity index (χ0v) is 14.7. The Morgan fingerprint density at radius 3 is 2.43 bits per heavy atom. The van der Waals surface area contributed by atoms with Gasteiger partial charge in [0.05, 0.1) is 30.5 Å². The summed E-state index contributed by atoms with van der Waals surface area (Å²) in [4.78, 5) is 24.0. The highest BCUT2D eigenvalue weighted by atomic mass is 79.9. The van der Waals surface area contributed by atoms with Crippen LogP contribution in [0.3, 0.4) is 0 Å². The number of amides is 1. The van der Waals surface area contributed by atoms with E-state index in [-0.39, 0.29) is 22.2 Å². The van der Waals surface area contributed by atoms with Gasteiger partial charge in [0.25, 0.3) is 5.91 Å². The van der Waals surface area contributed by atoms with Crippen LogP contribution in [0.2, 0.25) is 5.02 Å². The molecule has 5 nitrogen and oxygen atoms in total. The fraction of sp³-hybridized carbons (Fsp3) is 0.125. The Labute approximate surface area is 146 Å². The molecule has 1 amide bonds. The minimum atomic E-state index is -0.576. The molecule has 0 atom stereocenters. The van der Waals surface area contributed by atoms with Gasteiger partial charge in [0.15, 0.2) is 0 Å². The van der Waals surface area contributed by atoms with Crippen molar-refractivity contribution < 1.29 is 19.1 Å². The van der Waals surface area contributed by atoms with E-state index in [0.717, 1.165) is 0 Å². The van der Waals surface area contributed by atoms with Gasteiger partial charge in [-0.2, -0.15) is 0 Å². The lowest BCUT2D eigenvalue weighted by atomic mass is 10.1. The molecule has 0 spiro atoms. The molecule has 2 aromatic rings. The third kappa shape index (κ3) is 3.83. The van der Waals surface area contributed by atoms with E-state index in [0.29, 0.717) is 15.7 Å². The zero-order chi connectivity index (χ0) is 17.0. The van der Waals surface area contributed by atoms with Gasteiger partial charge >= 0.3 is 5.97 Å². The lowest BCUT2D eigenvalue weighted by Crippen LogP contribution is -2.13. The molecular formula is C16H13BrClNO4. The molecule has 0 aromatic heterocycles. The van der Waals surface area contributed by atoms with Crippen LogP contribution in [0.4, 0.5) is 5.69 Å². The van der Waals surface area contributed by atoms with E-state index in [1.165, 1.54) is 26.4 Å². The van der Waals surface area contributed by atoms with Gasteiger partial charge in [0.1, 0.15) is 11.3 Å². The molecule has 1 N–H and O–H groups in total. The van der Waals surface area contributed by atoms with Crippen molar-refractivity contribution in [2.45, 2.75) is 0 Å². The zero-order valence-electron chi connectivity index (χ0n) is 12.4. The minimum Gasteiger partial charge on any atom is -0.496 e. The molecule has 2 rings (SSSR count). The Balaban J connectivity index is 2.35. The van der Waals surface area contributed by atoms with Crippen LogP contribution in [0.5, 0.6) is 5.75 Å². The average molecular weight is 399 g/mol. The summed E-state index contributed by atoms with van der Waals surface area (Å²) in [5.74, 6) is -0.664. The number of benzene rings is 2. The number of ether oxygens (including phenoxy) is 2. The van der Waals surface area contributed by atoms with Gasteiger partial charge in [0, 0.05) is 10.5 Å². The number of nitrogens with one attached hydrogen (secondary N) is 1. The fourth-order valence-corrected chi connectivity index (χ4v) is 2.60. The first-order chi connectivity index (χ1) is 11.0. The van der Waals surface area contributed by atoms with E-state index in [4.69, 9.17) is 16.3 Å². The van der Waals surface area contributed by atoms with Crippen molar-refractivity contribution in [3.05, 3.63) is 57.0 Å². The largest absolute Gasteiger partial charge is 0.496 e. The SMILES string of the molecule is COC(=O)c1cc(Cl)c(NC(=O)c2ccccc2Br)cc1OC. The van der Waals surface area contributed by atoms with Crippen molar-refractivity contribution >= 4 is 45.1 Å². The predicted molar refractivity (Wildman–Crippen MR) is 91.4 cm³/mol. The molecule has 0 aliphatic heterocycles. The van der Waals surface area contributed by atoms with Crippen LogP contribution >= 0.6 is 27.5 Å². The molecule has 23 heavy (non-hydrogen) atoms. The second kappa shape index (κ2) is 7.48. The molecule has 0 saturated carbocycles. The molecule has 0 heterocycles. The smallest absolute Gasteiger partial charge is 0.341 e. The summed E-state index contributed by atoms with van der Waals surface area (Å²) < 4.78 is 10.5. The first-order valence-corrected chi connectivity index (χ1v) is 7.66. The maximum Gasteiger partial charge on any atom is 0.341 e. The highest BCUT2D eigenvalue weighted by molar-refractivity contribution is 9.10. The third-order valence-electron chi connectivity index (χ3n) is 3.06. The Hall–Kier alpha value is -2.05. The number of halogens is 2. The molecule has 0 fully saturated rings. The van der Waals surface area contributed by atoms with Crippen molar-refractivity contribution in [2.75, 3.05) is 19.5 Å². The maximum atomic E-state index is 12.3. The number of anilines is 1. The first-order valence-electron chi connectivity index (χ1n) is 6.49. The standard InChI is InChI=1S/C16H13BrClNO4/c1-22-14-8-13(12(18)7-10(14)16(21)23-2)19-15(20)9-5-3-4-6-11(9)17/h3-8H,1-2H3,(H,19,20). The molecule has 7 heteroatoms. The van der Waals surface area contributed by atoms with Crippen molar-refractivity contribution in [1.29, 1.82) is 0 Å². The lowest BCUT2D eigenvalue weighted by molar-refractivity contribution is 0.0597. The van der Waals surface area contributed by atoms with E-state index in [1.54, 1.807) is 18.2 Å². The summed E-state index contributed by atoms with van der Waals surface area (Å²) in [6, 6.07) is 9.86. The summed E-state index contributed by atoms with van der Waals surface area (Å²) >= 11 is 9.46. The number of carbonyl (C=O) groups is 2. The number of rotatable bonds is 4. The van der Waals surface area contributed by atoms with Crippen molar-refractivity contribution in [3.8, 4) is 5.75 Å². The molecule has 0 bridgehead atoms. The fourth-order valence-electron chi connectivity index (χ4n) is 1.92. The van der Waals surface area contributed by atoms with Gasteiger partial charge in [-0.1, -0.05) is 23.7 Å². The van der Waals surface area contributed by atoms with Gasteiger partial charge in [-0.25, -0.2) is 4.79 Å². The van der Waals surface area contributed by atoms with Gasteiger partial charge in [-0.15, -0.1) is 0 Å². The monoisotopic (exact) mass is 397 g/mol. The minimum absolute atomic E-state index is 0.180. The molecule has 2 aromatic carbocycles. The quantitative estimate of drug-likeness (QED) is 0.786. The Morgan fingerprint density at radius 1 is 1.13 bits per heavy atom. The molecule has 0 saturated heterocycles. The van der Waals surface area contributed by atoms with Crippen LogP contribution in [0, 0.1) is 0 Å². The van der Waals surface area contributed by atoms with Gasteiger partial charge in [-0.05, 0) is 34.1 Å². The summed E-state index contributed by atoms with van der Waals surface area (Å²) in [7, 11) is 2.67. The number of hydrogen-bond donors (Lipinski definition) is 1. The van der Waals surface area contributed by atoms with E-state index >= 15 is 0 Å². The van der Waals surface area contributed by atoms with Crippen LogP contribution in [-0.4, -0.2) is 26.1 Å². The average Bonchev–Trinajstić information content (AvgIpc) is 2.55. The van der Waals surface area contributed by atoms with Gasteiger partial charge in [-0.3, -0.25) is 4.79 Å². The molecule has 0 aliphatic carbocycles. The second-order valence-electron chi connectivity index (χ2n) is 4.46. The molecular weight excluding hydrogens is 386 g/mol. The lowest BCUT2D eigenvalue weighted by Gasteiger charge is -2.13. The van der Waals surface area contributed by atoms with Crippen molar-refractivity contribution in [3.63, 3.8) is 0 Å². The molecule has 120 valence electrons. The third-order valence-corrected chi connectivity index (χ3v) is 4.07. The number of hydrogen-bond acceptors (Lipinski definition) is 4. The Bertz CT molecular complexity index is 764. The van der Waals surface area contributed by atoms with Crippen LogP contribution in [0.15, 0.2) is 40.9 Å². The first kappa shape index (κ1) is 17.3. The highest BCUT2D eigenvalue weighted by Gasteiger charge is 2.18. The summed E-state index contributed by atoms with van der Waals surface area (Å²) in [5.41, 5.74) is 0.968. The highest BCUT2D eigenvalue weighted by Crippen LogP contribution is 2.32. The van der Waals surface area contributed by atoms with Gasteiger partial charge in [0.2, 0.25) is 0 Å². The van der Waals surface area contributed by atoms with E-state index in [2.05, 4.69) is 26.0 Å². The number of methoxy groups -OCH3 is 2. The predicted octanol–water partition coefficient (Wildman–Crippen LogP) is 4.15. The summed E-state index contributed by atoms with van der Waals surface area (Å²) in [6.07, 6.45) is 0. The molecule has 0 unspecified atom stereocenters. The van der Waals surface area contributed by atoms with E-state index in [1.807, 2.05) is 6.07 Å². The normalized spacial score (nSPS) is 10.1. The molecule has 0 aliphatic rings. The molecule has 0 radical (unpaired) electrons. The Morgan fingerprint density at radius 2 is 1.83 bits per heavy atom. The van der Waals surface area contributed by atoms with Crippen molar-refractivity contribution in [2.24, 2.45) is 0 Å². The second-order valence-corrected chi connectivity index (χ2v) is 5.72. The summed E-state index contributed by atoms with van der Waals surface area (Å²) in [5, 5.41) is 2.89. The van der Waals surface area contributed by atoms with Crippen LogP contribution < -0.4 is 10.1 Å². The van der Waals surface area contributed by atoms with E-state index in [9.17, 15) is 9.59 Å². The van der Waals surface area contributed by atoms with Crippen molar-refractivity contribution in [1.82, 2.24) is 0 Å². The number of esters is 1. The van der Waals surface area contributed by atoms with Crippen LogP contribution in [0.1, 0.15) is 20.7 Å². The van der Waals surface area contributed by atoms with Crippen LogP contribution in [0.25, 0.3) is 0 Å². The Kier molecular flexibility index (Phi) is 5.63. The van der Waals surface area contributed by atoms with E-state index < -0.39 is 5.97 Å². The maximum absolute atomic E-state index is 12.3. The van der Waals surface area contributed by atoms with Crippen LogP contribution in [-0.2, 0) is 4.74 Å². The topological polar surface area (TPSA) is 64.6 Å². The van der Waals surface area contributed by atoms with Gasteiger partial charge < -0.3 is 14.8 Å².